The van der Waals surface area contributed by atoms with Gasteiger partial charge in [-0.25, -0.2) is 14.8 Å². The number of hydrogen-bond acceptors (Lipinski definition) is 4. The highest BCUT2D eigenvalue weighted by molar-refractivity contribution is 6.08. The molecule has 0 fully saturated rings. The van der Waals surface area contributed by atoms with E-state index in [2.05, 4.69) is 9.97 Å². The number of aromatic nitrogens is 3. The first-order valence-electron chi connectivity index (χ1n) is 8.64. The number of benzene rings is 3. The van der Waals surface area contributed by atoms with Crippen LogP contribution in [-0.2, 0) is 0 Å². The van der Waals surface area contributed by atoms with Gasteiger partial charge in [0.15, 0.2) is 5.65 Å². The number of esters is 1. The predicted molar refractivity (Wildman–Crippen MR) is 105 cm³/mol. The maximum atomic E-state index is 12.5. The molecule has 1 N–H and O–H groups in total. The number of H-pyrrole nitrogens is 1. The number of nitrogens with one attached hydrogen (secondary N) is 1. The molecule has 0 aliphatic heterocycles. The summed E-state index contributed by atoms with van der Waals surface area (Å²) < 4.78 is 5.48. The van der Waals surface area contributed by atoms with Crippen molar-refractivity contribution in [3.8, 4) is 5.75 Å². The van der Waals surface area contributed by atoms with E-state index in [4.69, 9.17) is 9.72 Å². The normalized spacial score (nSPS) is 11.3. The van der Waals surface area contributed by atoms with Crippen LogP contribution in [0.4, 0.5) is 0 Å². The Morgan fingerprint density at radius 2 is 1.67 bits per heavy atom. The van der Waals surface area contributed by atoms with Crippen LogP contribution in [0, 0.1) is 6.92 Å². The Balaban J connectivity index is 1.59. The van der Waals surface area contributed by atoms with E-state index < -0.39 is 5.97 Å². The summed E-state index contributed by atoms with van der Waals surface area (Å²) in [5.74, 6) is 0.124. The number of aromatic amines is 1. The van der Waals surface area contributed by atoms with Crippen LogP contribution in [0.1, 0.15) is 15.9 Å². The molecule has 0 unspecified atom stereocenters. The van der Waals surface area contributed by atoms with Crippen molar-refractivity contribution in [2.24, 2.45) is 0 Å². The number of nitrogens with zero attached hydrogens (tertiary/aromatic N) is 2. The zero-order valence-electron chi connectivity index (χ0n) is 14.6. The Kier molecular flexibility index (Phi) is 3.40. The Hall–Kier alpha value is -3.73. The van der Waals surface area contributed by atoms with Crippen LogP contribution in [0.25, 0.3) is 33.1 Å². The second kappa shape index (κ2) is 5.92. The van der Waals surface area contributed by atoms with Crippen molar-refractivity contribution in [3.63, 3.8) is 0 Å². The topological polar surface area (TPSA) is 67.9 Å². The van der Waals surface area contributed by atoms with Crippen molar-refractivity contribution in [2.45, 2.75) is 6.92 Å². The summed E-state index contributed by atoms with van der Waals surface area (Å²) in [6.45, 7) is 1.99. The second-order valence-corrected chi connectivity index (χ2v) is 6.50. The quantitative estimate of drug-likeness (QED) is 0.366. The Morgan fingerprint density at radius 3 is 2.44 bits per heavy atom. The molecule has 0 aliphatic carbocycles. The highest BCUT2D eigenvalue weighted by atomic mass is 16.5. The summed E-state index contributed by atoms with van der Waals surface area (Å²) in [6.07, 6.45) is 0. The molecule has 0 radical (unpaired) electrons. The van der Waals surface area contributed by atoms with Gasteiger partial charge in [0.05, 0.1) is 16.6 Å². The summed E-state index contributed by atoms with van der Waals surface area (Å²) in [5, 5.41) is 0.849. The van der Waals surface area contributed by atoms with Gasteiger partial charge in [0.2, 0.25) is 0 Å². The molecule has 2 heterocycles. The number of para-hydroxylation sites is 2. The Morgan fingerprint density at radius 1 is 0.926 bits per heavy atom. The van der Waals surface area contributed by atoms with Crippen molar-refractivity contribution in [1.29, 1.82) is 0 Å². The molecular formula is C22H15N3O2. The molecule has 0 aliphatic rings. The highest BCUT2D eigenvalue weighted by Crippen LogP contribution is 2.26. The lowest BCUT2D eigenvalue weighted by molar-refractivity contribution is 0.0735. The smallest absolute Gasteiger partial charge is 0.343 e. The van der Waals surface area contributed by atoms with Crippen LogP contribution >= 0.6 is 0 Å². The summed E-state index contributed by atoms with van der Waals surface area (Å²) >= 11 is 0. The largest absolute Gasteiger partial charge is 0.423 e. The minimum absolute atomic E-state index is 0.399. The van der Waals surface area contributed by atoms with E-state index in [1.54, 1.807) is 24.3 Å². The lowest BCUT2D eigenvalue weighted by Crippen LogP contribution is -2.08. The van der Waals surface area contributed by atoms with Gasteiger partial charge >= 0.3 is 5.97 Å². The maximum absolute atomic E-state index is 12.5. The number of aryl methyl sites for hydroxylation is 1. The first-order valence-corrected chi connectivity index (χ1v) is 8.64. The van der Waals surface area contributed by atoms with Gasteiger partial charge < -0.3 is 9.72 Å². The molecule has 0 bridgehead atoms. The van der Waals surface area contributed by atoms with Crippen molar-refractivity contribution < 1.29 is 9.53 Å². The van der Waals surface area contributed by atoms with E-state index in [1.165, 1.54) is 0 Å². The molecule has 5 nitrogen and oxygen atoms in total. The van der Waals surface area contributed by atoms with E-state index in [1.807, 2.05) is 49.4 Å². The zero-order chi connectivity index (χ0) is 18.4. The molecule has 3 aromatic carbocycles. The molecule has 130 valence electrons. The van der Waals surface area contributed by atoms with Gasteiger partial charge in [0, 0.05) is 10.9 Å². The number of carbonyl (C=O) groups is 1. The van der Waals surface area contributed by atoms with E-state index in [9.17, 15) is 4.79 Å². The predicted octanol–water partition coefficient (Wildman–Crippen LogP) is 4.79. The van der Waals surface area contributed by atoms with E-state index in [-0.39, 0.29) is 0 Å². The molecule has 0 spiro atoms. The minimum Gasteiger partial charge on any atom is -0.423 e. The van der Waals surface area contributed by atoms with Crippen LogP contribution < -0.4 is 4.74 Å². The fraction of sp³-hybridized carbons (Fsp3) is 0.0455. The van der Waals surface area contributed by atoms with Crippen molar-refractivity contribution >= 4 is 39.1 Å². The lowest BCUT2D eigenvalue weighted by Gasteiger charge is -2.05. The summed E-state index contributed by atoms with van der Waals surface area (Å²) in [6, 6.07) is 20.5. The molecule has 0 saturated carbocycles. The number of ether oxygens (including phenoxy) is 1. The van der Waals surface area contributed by atoms with Gasteiger partial charge in [-0.2, -0.15) is 0 Å². The second-order valence-electron chi connectivity index (χ2n) is 6.50. The summed E-state index contributed by atoms with van der Waals surface area (Å²) in [5.41, 5.74) is 5.56. The monoisotopic (exact) mass is 353 g/mol. The average molecular weight is 353 g/mol. The van der Waals surface area contributed by atoms with Crippen molar-refractivity contribution in [2.75, 3.05) is 0 Å². The minimum atomic E-state index is -0.399. The molecule has 2 aromatic heterocycles. The highest BCUT2D eigenvalue weighted by Gasteiger charge is 2.14. The van der Waals surface area contributed by atoms with Crippen LogP contribution in [0.2, 0.25) is 0 Å². The van der Waals surface area contributed by atoms with Crippen LogP contribution in [-0.4, -0.2) is 20.9 Å². The first-order chi connectivity index (χ1) is 13.2. The standard InChI is InChI=1S/C22H15N3O2/c1-13-6-9-15(10-7-13)27-22(26)14-8-11-17-16(12-14)20-21(24-17)25-19-5-3-2-4-18(19)23-20/h2-12H,1H3,(H,24,25). The van der Waals surface area contributed by atoms with E-state index >= 15 is 0 Å². The van der Waals surface area contributed by atoms with Gasteiger partial charge in [0.1, 0.15) is 11.3 Å². The average Bonchev–Trinajstić information content (AvgIpc) is 3.04. The van der Waals surface area contributed by atoms with Gasteiger partial charge in [-0.05, 0) is 49.4 Å². The number of fused-ring (bicyclic) bond motifs is 4. The van der Waals surface area contributed by atoms with Gasteiger partial charge in [-0.3, -0.25) is 0 Å². The third kappa shape index (κ3) is 2.69. The van der Waals surface area contributed by atoms with E-state index in [0.29, 0.717) is 17.0 Å². The molecule has 0 amide bonds. The van der Waals surface area contributed by atoms with Crippen molar-refractivity contribution in [1.82, 2.24) is 15.0 Å². The molecule has 5 heteroatoms. The van der Waals surface area contributed by atoms with Crippen LogP contribution in [0.15, 0.2) is 66.7 Å². The van der Waals surface area contributed by atoms with Crippen LogP contribution in [0.3, 0.4) is 0 Å². The third-order valence-corrected chi connectivity index (χ3v) is 4.57. The zero-order valence-corrected chi connectivity index (χ0v) is 14.6. The van der Waals surface area contributed by atoms with Crippen molar-refractivity contribution in [3.05, 3.63) is 77.9 Å². The molecule has 5 aromatic rings. The van der Waals surface area contributed by atoms with Crippen LogP contribution in [0.5, 0.6) is 5.75 Å². The molecule has 0 saturated heterocycles. The summed E-state index contributed by atoms with van der Waals surface area (Å²) in [7, 11) is 0. The third-order valence-electron chi connectivity index (χ3n) is 4.57. The molecule has 27 heavy (non-hydrogen) atoms. The summed E-state index contributed by atoms with van der Waals surface area (Å²) in [4.78, 5) is 25.2. The number of rotatable bonds is 2. The molecule has 0 atom stereocenters. The Labute approximate surface area is 154 Å². The van der Waals surface area contributed by atoms with Gasteiger partial charge in [-0.15, -0.1) is 0 Å². The first kappa shape index (κ1) is 15.5. The molecular weight excluding hydrogens is 338 g/mol. The SMILES string of the molecule is Cc1ccc(OC(=O)c2ccc3[nH]c4nc5ccccc5nc4c3c2)cc1. The lowest BCUT2D eigenvalue weighted by atomic mass is 10.1. The molecule has 5 rings (SSSR count). The van der Waals surface area contributed by atoms with E-state index in [0.717, 1.165) is 33.0 Å². The van der Waals surface area contributed by atoms with Gasteiger partial charge in [-0.1, -0.05) is 29.8 Å². The van der Waals surface area contributed by atoms with Gasteiger partial charge in [0.25, 0.3) is 0 Å². The fourth-order valence-electron chi connectivity index (χ4n) is 3.15. The Bertz CT molecular complexity index is 1320. The fourth-order valence-corrected chi connectivity index (χ4v) is 3.15. The number of hydrogen-bond donors (Lipinski definition) is 1. The number of carbonyl (C=O) groups excluding carboxylic acids is 1. The maximum Gasteiger partial charge on any atom is 0.343 e.